The van der Waals surface area contributed by atoms with E-state index in [0.29, 0.717) is 0 Å². The Bertz CT molecular complexity index is 950. The van der Waals surface area contributed by atoms with Crippen LogP contribution in [0.5, 0.6) is 0 Å². The Hall–Kier alpha value is -1.56. The molecule has 0 aliphatic heterocycles. The first-order valence-electron chi connectivity index (χ1n) is 15.7. The summed E-state index contributed by atoms with van der Waals surface area (Å²) in [6.45, 7) is 19.0. The third-order valence-corrected chi connectivity index (χ3v) is 9.96. The number of rotatable bonds is 10. The van der Waals surface area contributed by atoms with Gasteiger partial charge in [-0.05, 0) is 96.8 Å². The Morgan fingerprint density at radius 2 is 1.70 bits per heavy atom. The largest absolute Gasteiger partial charge is 0.0798 e. The van der Waals surface area contributed by atoms with Gasteiger partial charge in [-0.1, -0.05) is 135 Å². The molecule has 2 unspecified atom stereocenters. The zero-order valence-electron chi connectivity index (χ0n) is 25.8. The highest BCUT2D eigenvalue weighted by atomic mass is 14.4. The van der Waals surface area contributed by atoms with Crippen molar-refractivity contribution >= 4 is 5.57 Å². The summed E-state index contributed by atoms with van der Waals surface area (Å²) in [5.74, 6) is 2.66. The topological polar surface area (TPSA) is 0 Å². The molecule has 0 amide bonds. The van der Waals surface area contributed by atoms with E-state index in [1.807, 2.05) is 0 Å². The summed E-state index contributed by atoms with van der Waals surface area (Å²) in [5, 5.41) is 0. The molecule has 0 heteroatoms. The SMILES string of the molecule is C/C=C(/C=C\C=C(/C)C1CCCC(CCC[C@H](C)CCC)CC1)c1ccc2c(c1)C(C)(C)CCC2(C)C. The highest BCUT2D eigenvalue weighted by Gasteiger charge is 2.37. The number of fused-ring (bicyclic) bond motifs is 1. The van der Waals surface area contributed by atoms with Gasteiger partial charge in [-0.15, -0.1) is 0 Å². The van der Waals surface area contributed by atoms with Gasteiger partial charge in [-0.2, -0.15) is 0 Å². The lowest BCUT2D eigenvalue weighted by molar-refractivity contribution is 0.332. The molecule has 0 N–H and O–H groups in total. The maximum atomic E-state index is 2.49. The van der Waals surface area contributed by atoms with E-state index in [1.54, 1.807) is 16.7 Å². The third-order valence-electron chi connectivity index (χ3n) is 9.96. The van der Waals surface area contributed by atoms with E-state index in [0.717, 1.165) is 17.8 Å². The number of hydrogen-bond donors (Lipinski definition) is 0. The minimum Gasteiger partial charge on any atom is -0.0798 e. The fraction of sp³-hybridized carbons (Fsp3) is 0.676. The van der Waals surface area contributed by atoms with Gasteiger partial charge in [0.1, 0.15) is 0 Å². The van der Waals surface area contributed by atoms with Crippen LogP contribution in [0.1, 0.15) is 149 Å². The molecule has 1 saturated carbocycles. The van der Waals surface area contributed by atoms with E-state index >= 15 is 0 Å². The van der Waals surface area contributed by atoms with Crippen LogP contribution >= 0.6 is 0 Å². The van der Waals surface area contributed by atoms with Crippen LogP contribution in [0.4, 0.5) is 0 Å². The van der Waals surface area contributed by atoms with E-state index in [2.05, 4.69) is 97.9 Å². The zero-order valence-corrected chi connectivity index (χ0v) is 25.8. The van der Waals surface area contributed by atoms with Gasteiger partial charge in [-0.3, -0.25) is 0 Å². The summed E-state index contributed by atoms with van der Waals surface area (Å²) in [5.41, 5.74) is 7.91. The highest BCUT2D eigenvalue weighted by Crippen LogP contribution is 2.46. The first-order chi connectivity index (χ1) is 17.6. The number of benzene rings is 1. The lowest BCUT2D eigenvalue weighted by Gasteiger charge is -2.42. The Balaban J connectivity index is 1.60. The normalized spacial score (nSPS) is 25.1. The van der Waals surface area contributed by atoms with E-state index in [1.165, 1.54) is 88.2 Å². The van der Waals surface area contributed by atoms with Gasteiger partial charge in [0.15, 0.2) is 0 Å². The van der Waals surface area contributed by atoms with Crippen molar-refractivity contribution in [3.05, 3.63) is 64.8 Å². The van der Waals surface area contributed by atoms with E-state index < -0.39 is 0 Å². The summed E-state index contributed by atoms with van der Waals surface area (Å²) in [6, 6.07) is 7.25. The van der Waals surface area contributed by atoms with Crippen molar-refractivity contribution in [3.63, 3.8) is 0 Å². The van der Waals surface area contributed by atoms with Crippen LogP contribution in [-0.4, -0.2) is 0 Å². The Kier molecular flexibility index (Phi) is 10.9. The van der Waals surface area contributed by atoms with Crippen LogP contribution in [0.25, 0.3) is 5.57 Å². The average molecular weight is 503 g/mol. The molecule has 0 spiro atoms. The molecule has 37 heavy (non-hydrogen) atoms. The maximum Gasteiger partial charge on any atom is -0.0100 e. The van der Waals surface area contributed by atoms with Crippen molar-refractivity contribution < 1.29 is 0 Å². The van der Waals surface area contributed by atoms with Gasteiger partial charge in [0.05, 0.1) is 0 Å². The minimum atomic E-state index is 0.255. The molecule has 1 fully saturated rings. The lowest BCUT2D eigenvalue weighted by atomic mass is 9.63. The summed E-state index contributed by atoms with van der Waals surface area (Å²) in [6.07, 6.45) is 26.0. The molecule has 206 valence electrons. The quantitative estimate of drug-likeness (QED) is 0.220. The molecule has 0 bridgehead atoms. The van der Waals surface area contributed by atoms with Gasteiger partial charge in [0, 0.05) is 0 Å². The predicted molar refractivity (Wildman–Crippen MR) is 166 cm³/mol. The fourth-order valence-corrected chi connectivity index (χ4v) is 7.08. The molecule has 0 saturated heterocycles. The molecule has 1 aromatic rings. The van der Waals surface area contributed by atoms with Crippen molar-refractivity contribution in [2.24, 2.45) is 17.8 Å². The van der Waals surface area contributed by atoms with E-state index in [4.69, 9.17) is 0 Å². The summed E-state index contributed by atoms with van der Waals surface area (Å²) >= 11 is 0. The highest BCUT2D eigenvalue weighted by molar-refractivity contribution is 5.75. The molecular formula is C37H58. The zero-order chi connectivity index (χ0) is 27.1. The van der Waals surface area contributed by atoms with Gasteiger partial charge in [-0.25, -0.2) is 0 Å². The molecule has 2 aliphatic carbocycles. The first kappa shape index (κ1) is 30.0. The standard InChI is InChI=1S/C37H58/c1-9-14-28(3)15-11-17-30-18-13-20-32(22-21-30)29(4)16-12-19-31(10-2)33-23-24-34-35(27-33)37(7,8)26-25-36(34,5)6/h10,12,16,19,23-24,27-28,30,32H,9,11,13-15,17-18,20-22,25-26H2,1-8H3/b19-12-,29-16+,31-10-/t28-,30?,32?/m1/s1. The number of hydrogen-bond acceptors (Lipinski definition) is 0. The molecular weight excluding hydrogens is 444 g/mol. The van der Waals surface area contributed by atoms with Crippen molar-refractivity contribution in [3.8, 4) is 0 Å². The Labute approximate surface area is 231 Å². The second kappa shape index (κ2) is 13.5. The molecule has 3 rings (SSSR count). The van der Waals surface area contributed by atoms with Gasteiger partial charge >= 0.3 is 0 Å². The van der Waals surface area contributed by atoms with E-state index in [-0.39, 0.29) is 10.8 Å². The molecule has 0 radical (unpaired) electrons. The van der Waals surface area contributed by atoms with Crippen LogP contribution in [-0.2, 0) is 10.8 Å². The maximum absolute atomic E-state index is 2.49. The van der Waals surface area contributed by atoms with Gasteiger partial charge in [0.25, 0.3) is 0 Å². The van der Waals surface area contributed by atoms with Crippen LogP contribution < -0.4 is 0 Å². The average Bonchev–Trinajstić information content (AvgIpc) is 3.10. The minimum absolute atomic E-state index is 0.255. The fourth-order valence-electron chi connectivity index (χ4n) is 7.08. The van der Waals surface area contributed by atoms with Gasteiger partial charge < -0.3 is 0 Å². The summed E-state index contributed by atoms with van der Waals surface area (Å²) < 4.78 is 0. The van der Waals surface area contributed by atoms with Gasteiger partial charge in [0.2, 0.25) is 0 Å². The van der Waals surface area contributed by atoms with E-state index in [9.17, 15) is 0 Å². The molecule has 0 aromatic heterocycles. The predicted octanol–water partition coefficient (Wildman–Crippen LogP) is 11.7. The second-order valence-electron chi connectivity index (χ2n) is 13.9. The molecule has 1 aromatic carbocycles. The molecule has 2 aliphatic rings. The van der Waals surface area contributed by atoms with Crippen molar-refractivity contribution in [2.75, 3.05) is 0 Å². The smallest absolute Gasteiger partial charge is 0.0100 e. The Morgan fingerprint density at radius 1 is 0.973 bits per heavy atom. The second-order valence-corrected chi connectivity index (χ2v) is 13.9. The molecule has 0 nitrogen and oxygen atoms in total. The van der Waals surface area contributed by atoms with Crippen molar-refractivity contribution in [1.82, 2.24) is 0 Å². The van der Waals surface area contributed by atoms with Crippen molar-refractivity contribution in [2.45, 2.75) is 143 Å². The number of allylic oxidation sites excluding steroid dienone is 6. The molecule has 0 heterocycles. The summed E-state index contributed by atoms with van der Waals surface area (Å²) in [7, 11) is 0. The van der Waals surface area contributed by atoms with Crippen LogP contribution in [0.3, 0.4) is 0 Å². The van der Waals surface area contributed by atoms with Crippen molar-refractivity contribution in [1.29, 1.82) is 0 Å². The summed E-state index contributed by atoms with van der Waals surface area (Å²) in [4.78, 5) is 0. The monoisotopic (exact) mass is 502 g/mol. The first-order valence-corrected chi connectivity index (χ1v) is 15.7. The van der Waals surface area contributed by atoms with Crippen LogP contribution in [0.2, 0.25) is 0 Å². The lowest BCUT2D eigenvalue weighted by Crippen LogP contribution is -2.33. The third kappa shape index (κ3) is 8.21. The van der Waals surface area contributed by atoms with Crippen LogP contribution in [0, 0.1) is 17.8 Å². The Morgan fingerprint density at radius 3 is 2.41 bits per heavy atom. The molecule has 3 atom stereocenters. The van der Waals surface area contributed by atoms with Crippen LogP contribution in [0.15, 0.2) is 48.1 Å².